The molecule has 0 amide bonds. The van der Waals surface area contributed by atoms with Gasteiger partial charge in [0, 0.05) is 11.8 Å². The van der Waals surface area contributed by atoms with E-state index >= 15 is 0 Å². The SMILES string of the molecule is CS(=O)(=O)CCN=Cc1ccc(-c2ccc3nc[nH]c(=O)c3c2)o1. The van der Waals surface area contributed by atoms with E-state index < -0.39 is 9.84 Å². The van der Waals surface area contributed by atoms with Crippen molar-refractivity contribution in [2.75, 3.05) is 18.6 Å². The fourth-order valence-electron chi connectivity index (χ4n) is 2.17. The number of fused-ring (bicyclic) bond motifs is 1. The number of rotatable bonds is 5. The van der Waals surface area contributed by atoms with E-state index in [2.05, 4.69) is 15.0 Å². The smallest absolute Gasteiger partial charge is 0.258 e. The lowest BCUT2D eigenvalue weighted by Gasteiger charge is -1.99. The van der Waals surface area contributed by atoms with Crippen LogP contribution in [0.3, 0.4) is 0 Å². The number of nitrogens with one attached hydrogen (secondary N) is 1. The van der Waals surface area contributed by atoms with E-state index in [9.17, 15) is 13.2 Å². The van der Waals surface area contributed by atoms with Gasteiger partial charge in [-0.3, -0.25) is 9.79 Å². The van der Waals surface area contributed by atoms with E-state index in [0.717, 1.165) is 5.56 Å². The van der Waals surface area contributed by atoms with E-state index in [4.69, 9.17) is 4.42 Å². The molecule has 1 N–H and O–H groups in total. The highest BCUT2D eigenvalue weighted by Gasteiger charge is 2.07. The number of H-pyrrole nitrogens is 1. The van der Waals surface area contributed by atoms with Crippen molar-refractivity contribution in [3.8, 4) is 11.3 Å². The normalized spacial score (nSPS) is 12.2. The number of aliphatic imine (C=N–C) groups is 1. The minimum atomic E-state index is -3.02. The largest absolute Gasteiger partial charge is 0.455 e. The molecule has 0 radical (unpaired) electrons. The fourth-order valence-corrected chi connectivity index (χ4v) is 2.61. The number of aromatic nitrogens is 2. The van der Waals surface area contributed by atoms with Crippen LogP contribution in [0.4, 0.5) is 0 Å². The van der Waals surface area contributed by atoms with E-state index in [1.165, 1.54) is 18.8 Å². The van der Waals surface area contributed by atoms with E-state index in [1.54, 1.807) is 24.3 Å². The van der Waals surface area contributed by atoms with Crippen molar-refractivity contribution in [2.45, 2.75) is 0 Å². The van der Waals surface area contributed by atoms with E-state index in [0.29, 0.717) is 22.4 Å². The standard InChI is InChI=1S/C16H15N3O4S/c1-24(21,22)7-6-17-9-12-3-5-15(23-12)11-2-4-14-13(8-11)16(20)19-10-18-14/h2-5,8-10H,6-7H2,1H3,(H,18,19,20). The van der Waals surface area contributed by atoms with Crippen LogP contribution in [0, 0.1) is 0 Å². The topological polar surface area (TPSA) is 105 Å². The summed E-state index contributed by atoms with van der Waals surface area (Å²) in [5.74, 6) is 1.10. The van der Waals surface area contributed by atoms with Gasteiger partial charge >= 0.3 is 0 Å². The lowest BCUT2D eigenvalue weighted by atomic mass is 10.1. The van der Waals surface area contributed by atoms with Gasteiger partial charge in [0.25, 0.3) is 5.56 Å². The Bertz CT molecular complexity index is 1060. The summed E-state index contributed by atoms with van der Waals surface area (Å²) in [6.07, 6.45) is 4.02. The first-order chi connectivity index (χ1) is 11.4. The minimum absolute atomic E-state index is 0.00246. The highest BCUT2D eigenvalue weighted by Crippen LogP contribution is 2.23. The summed E-state index contributed by atoms with van der Waals surface area (Å²) in [7, 11) is -3.02. The first-order valence-corrected chi connectivity index (χ1v) is 9.24. The highest BCUT2D eigenvalue weighted by atomic mass is 32.2. The average Bonchev–Trinajstić information content (AvgIpc) is 3.00. The molecule has 2 aromatic heterocycles. The number of benzene rings is 1. The molecule has 3 rings (SSSR count). The minimum Gasteiger partial charge on any atom is -0.455 e. The molecule has 0 unspecified atom stereocenters. The molecule has 0 bridgehead atoms. The molecule has 0 saturated heterocycles. The zero-order valence-electron chi connectivity index (χ0n) is 12.9. The zero-order chi connectivity index (χ0) is 17.2. The van der Waals surface area contributed by atoms with Crippen molar-refractivity contribution in [3.63, 3.8) is 0 Å². The Morgan fingerprint density at radius 2 is 2.12 bits per heavy atom. The van der Waals surface area contributed by atoms with Crippen LogP contribution >= 0.6 is 0 Å². The number of furan rings is 1. The number of aromatic amines is 1. The Hall–Kier alpha value is -2.74. The van der Waals surface area contributed by atoms with Gasteiger partial charge in [-0.25, -0.2) is 13.4 Å². The third-order valence-electron chi connectivity index (χ3n) is 3.36. The van der Waals surface area contributed by atoms with Gasteiger partial charge in [-0.2, -0.15) is 0 Å². The second-order valence-electron chi connectivity index (χ2n) is 5.33. The molecule has 1 aromatic carbocycles. The Labute approximate surface area is 138 Å². The Morgan fingerprint density at radius 3 is 2.92 bits per heavy atom. The van der Waals surface area contributed by atoms with Crippen LogP contribution in [0.5, 0.6) is 0 Å². The quantitative estimate of drug-likeness (QED) is 0.708. The summed E-state index contributed by atoms with van der Waals surface area (Å²) in [6, 6.07) is 8.78. The van der Waals surface area contributed by atoms with Crippen molar-refractivity contribution in [2.24, 2.45) is 4.99 Å². The molecule has 0 fully saturated rings. The fraction of sp³-hybridized carbons (Fsp3) is 0.188. The molecular formula is C16H15N3O4S. The van der Waals surface area contributed by atoms with Gasteiger partial charge in [-0.15, -0.1) is 0 Å². The molecule has 7 nitrogen and oxygen atoms in total. The van der Waals surface area contributed by atoms with E-state index in [-0.39, 0.29) is 17.9 Å². The van der Waals surface area contributed by atoms with Crippen LogP contribution in [0.15, 0.2) is 50.9 Å². The van der Waals surface area contributed by atoms with Gasteiger partial charge in [-0.05, 0) is 30.3 Å². The summed E-state index contributed by atoms with van der Waals surface area (Å²) >= 11 is 0. The zero-order valence-corrected chi connectivity index (χ0v) is 13.7. The van der Waals surface area contributed by atoms with Crippen LogP contribution in [0.1, 0.15) is 5.76 Å². The van der Waals surface area contributed by atoms with Crippen LogP contribution < -0.4 is 5.56 Å². The number of sulfone groups is 1. The Balaban J connectivity index is 1.82. The number of hydrogen-bond donors (Lipinski definition) is 1. The lowest BCUT2D eigenvalue weighted by molar-refractivity contribution is 0.574. The van der Waals surface area contributed by atoms with Gasteiger partial charge in [0.15, 0.2) is 0 Å². The molecule has 0 saturated carbocycles. The first kappa shape index (κ1) is 16.1. The maximum absolute atomic E-state index is 11.8. The van der Waals surface area contributed by atoms with Crippen LogP contribution in [0.2, 0.25) is 0 Å². The van der Waals surface area contributed by atoms with Crippen molar-refractivity contribution in [3.05, 3.63) is 52.8 Å². The van der Waals surface area contributed by atoms with Crippen molar-refractivity contribution < 1.29 is 12.8 Å². The van der Waals surface area contributed by atoms with Crippen molar-refractivity contribution in [1.29, 1.82) is 0 Å². The van der Waals surface area contributed by atoms with Gasteiger partial charge < -0.3 is 9.40 Å². The lowest BCUT2D eigenvalue weighted by Crippen LogP contribution is -2.05. The second-order valence-corrected chi connectivity index (χ2v) is 7.59. The van der Waals surface area contributed by atoms with E-state index in [1.807, 2.05) is 6.07 Å². The molecule has 0 aliphatic rings. The average molecular weight is 345 g/mol. The summed E-state index contributed by atoms with van der Waals surface area (Å²) < 4.78 is 27.7. The van der Waals surface area contributed by atoms with Crippen LogP contribution in [0.25, 0.3) is 22.2 Å². The van der Waals surface area contributed by atoms with Crippen LogP contribution in [-0.2, 0) is 9.84 Å². The third kappa shape index (κ3) is 3.77. The predicted octanol–water partition coefficient (Wildman–Crippen LogP) is 1.65. The maximum atomic E-state index is 11.8. The molecule has 0 spiro atoms. The Morgan fingerprint density at radius 1 is 1.29 bits per heavy atom. The molecule has 8 heteroatoms. The number of nitrogens with zero attached hydrogens (tertiary/aromatic N) is 2. The molecule has 0 aliphatic heterocycles. The monoisotopic (exact) mass is 345 g/mol. The predicted molar refractivity (Wildman–Crippen MR) is 92.2 cm³/mol. The van der Waals surface area contributed by atoms with Crippen LogP contribution in [-0.4, -0.2) is 43.2 Å². The molecule has 3 aromatic rings. The van der Waals surface area contributed by atoms with Gasteiger partial charge in [0.2, 0.25) is 0 Å². The molecule has 24 heavy (non-hydrogen) atoms. The molecule has 0 atom stereocenters. The first-order valence-electron chi connectivity index (χ1n) is 7.17. The summed E-state index contributed by atoms with van der Waals surface area (Å²) in [6.45, 7) is 0.186. The molecule has 124 valence electrons. The Kier molecular flexibility index (Phi) is 4.30. The summed E-state index contributed by atoms with van der Waals surface area (Å²) in [5, 5.41) is 0.481. The number of hydrogen-bond acceptors (Lipinski definition) is 6. The molecule has 2 heterocycles. The van der Waals surface area contributed by atoms with Gasteiger partial charge in [0.1, 0.15) is 21.4 Å². The second kappa shape index (κ2) is 6.40. The van der Waals surface area contributed by atoms with Crippen molar-refractivity contribution >= 4 is 27.0 Å². The molecular weight excluding hydrogens is 330 g/mol. The highest BCUT2D eigenvalue weighted by molar-refractivity contribution is 7.90. The third-order valence-corrected chi connectivity index (χ3v) is 4.29. The molecule has 0 aliphatic carbocycles. The maximum Gasteiger partial charge on any atom is 0.258 e. The van der Waals surface area contributed by atoms with Gasteiger partial charge in [-0.1, -0.05) is 0 Å². The van der Waals surface area contributed by atoms with Gasteiger partial charge in [0.05, 0.1) is 35.7 Å². The summed E-state index contributed by atoms with van der Waals surface area (Å²) in [5.41, 5.74) is 1.14. The van der Waals surface area contributed by atoms with Crippen molar-refractivity contribution in [1.82, 2.24) is 9.97 Å². The summed E-state index contributed by atoms with van der Waals surface area (Å²) in [4.78, 5) is 22.5.